The van der Waals surface area contributed by atoms with Crippen molar-refractivity contribution >= 4 is 23.3 Å². The normalized spacial score (nSPS) is 17.0. The Balaban J connectivity index is 1.78. The molecule has 2 unspecified atom stereocenters. The molecule has 0 aromatic carbocycles. The first kappa shape index (κ1) is 15.8. The van der Waals surface area contributed by atoms with Gasteiger partial charge in [0.1, 0.15) is 0 Å². The average Bonchev–Trinajstić information content (AvgIpc) is 3.12. The predicted molar refractivity (Wildman–Crippen MR) is 82.7 cm³/mol. The number of rotatable bonds is 7. The summed E-state index contributed by atoms with van der Waals surface area (Å²) in [6, 6.07) is 3.65. The second-order valence-electron chi connectivity index (χ2n) is 5.78. The summed E-state index contributed by atoms with van der Waals surface area (Å²) in [6.07, 6.45) is 2.79. The second kappa shape index (κ2) is 6.93. The van der Waals surface area contributed by atoms with Gasteiger partial charge in [-0.05, 0) is 44.7 Å². The predicted octanol–water partition coefficient (Wildman–Crippen LogP) is 2.54. The van der Waals surface area contributed by atoms with Crippen LogP contribution in [0.5, 0.6) is 0 Å². The second-order valence-corrected chi connectivity index (χ2v) is 7.15. The summed E-state index contributed by atoms with van der Waals surface area (Å²) in [6.45, 7) is 4.02. The molecule has 6 heteroatoms. The lowest BCUT2D eigenvalue weighted by Crippen LogP contribution is -2.47. The lowest BCUT2D eigenvalue weighted by atomic mass is 10.1. The summed E-state index contributed by atoms with van der Waals surface area (Å²) < 4.78 is 0. The fourth-order valence-corrected chi connectivity index (χ4v) is 3.42. The molecule has 1 saturated carbocycles. The zero-order valence-corrected chi connectivity index (χ0v) is 13.2. The van der Waals surface area contributed by atoms with Gasteiger partial charge in [0, 0.05) is 28.3 Å². The highest BCUT2D eigenvalue weighted by atomic mass is 32.1. The van der Waals surface area contributed by atoms with Crippen LogP contribution in [0.15, 0.2) is 12.1 Å². The van der Waals surface area contributed by atoms with Gasteiger partial charge in [-0.3, -0.25) is 4.79 Å². The zero-order valence-electron chi connectivity index (χ0n) is 12.4. The first-order valence-electron chi connectivity index (χ1n) is 7.28. The van der Waals surface area contributed by atoms with Gasteiger partial charge in [0.05, 0.1) is 6.42 Å². The molecule has 2 amide bonds. The van der Waals surface area contributed by atoms with Gasteiger partial charge in [-0.15, -0.1) is 11.3 Å². The van der Waals surface area contributed by atoms with E-state index in [-0.39, 0.29) is 24.5 Å². The van der Waals surface area contributed by atoms with E-state index in [0.717, 1.165) is 19.3 Å². The smallest absolute Gasteiger partial charge is 0.315 e. The van der Waals surface area contributed by atoms with E-state index in [2.05, 4.69) is 29.7 Å². The van der Waals surface area contributed by atoms with Gasteiger partial charge in [-0.1, -0.05) is 0 Å². The molecule has 1 aliphatic carbocycles. The highest BCUT2D eigenvalue weighted by Gasteiger charge is 2.33. The van der Waals surface area contributed by atoms with Crippen LogP contribution in [0.25, 0.3) is 0 Å². The number of hydrogen-bond donors (Lipinski definition) is 3. The van der Waals surface area contributed by atoms with E-state index in [1.54, 1.807) is 11.3 Å². The van der Waals surface area contributed by atoms with Crippen molar-refractivity contribution in [2.75, 3.05) is 0 Å². The average molecular weight is 310 g/mol. The molecule has 0 saturated heterocycles. The third-order valence-corrected chi connectivity index (χ3v) is 4.61. The molecule has 1 aromatic heterocycles. The van der Waals surface area contributed by atoms with Crippen molar-refractivity contribution in [1.82, 2.24) is 10.6 Å². The third kappa shape index (κ3) is 5.38. The van der Waals surface area contributed by atoms with Crippen LogP contribution in [0, 0.1) is 12.8 Å². The summed E-state index contributed by atoms with van der Waals surface area (Å²) in [4.78, 5) is 25.3. The Labute approximate surface area is 128 Å². The number of urea groups is 1. The van der Waals surface area contributed by atoms with Crippen molar-refractivity contribution in [3.8, 4) is 0 Å². The summed E-state index contributed by atoms with van der Waals surface area (Å²) >= 11 is 1.73. The molecule has 0 aliphatic heterocycles. The van der Waals surface area contributed by atoms with Gasteiger partial charge >= 0.3 is 12.0 Å². The maximum absolute atomic E-state index is 12.0. The van der Waals surface area contributed by atoms with Gasteiger partial charge < -0.3 is 15.7 Å². The van der Waals surface area contributed by atoms with Crippen LogP contribution in [0.3, 0.4) is 0 Å². The quantitative estimate of drug-likeness (QED) is 0.724. The van der Waals surface area contributed by atoms with Gasteiger partial charge in [0.15, 0.2) is 0 Å². The van der Waals surface area contributed by atoms with Crippen molar-refractivity contribution < 1.29 is 14.7 Å². The summed E-state index contributed by atoms with van der Waals surface area (Å²) in [7, 11) is 0. The number of aryl methyl sites for hydroxylation is 1. The van der Waals surface area contributed by atoms with E-state index in [4.69, 9.17) is 5.11 Å². The molecule has 5 nitrogen and oxygen atoms in total. The Bertz CT molecular complexity index is 511. The third-order valence-electron chi connectivity index (χ3n) is 3.58. The molecular formula is C15H22N2O3S. The maximum Gasteiger partial charge on any atom is 0.315 e. The van der Waals surface area contributed by atoms with Crippen LogP contribution in [0.1, 0.15) is 35.9 Å². The number of hydrogen-bond acceptors (Lipinski definition) is 3. The van der Waals surface area contributed by atoms with Crippen LogP contribution in [-0.4, -0.2) is 29.2 Å². The standard InChI is InChI=1S/C15H22N2O3S/c1-9(7-12-6-3-10(2)21-12)16-15(20)17-13(8-14(18)19)11-4-5-11/h3,6,9,11,13H,4-5,7-8H2,1-2H3,(H,18,19)(H2,16,17,20). The van der Waals surface area contributed by atoms with E-state index in [9.17, 15) is 9.59 Å². The lowest BCUT2D eigenvalue weighted by Gasteiger charge is -2.19. The minimum absolute atomic E-state index is 0.00339. The summed E-state index contributed by atoms with van der Waals surface area (Å²) in [5.41, 5.74) is 0. The van der Waals surface area contributed by atoms with Crippen LogP contribution in [0.2, 0.25) is 0 Å². The van der Waals surface area contributed by atoms with Gasteiger partial charge in [-0.2, -0.15) is 0 Å². The number of amides is 2. The number of nitrogens with one attached hydrogen (secondary N) is 2. The van der Waals surface area contributed by atoms with Crippen LogP contribution in [0.4, 0.5) is 4.79 Å². The van der Waals surface area contributed by atoms with Crippen molar-refractivity contribution in [2.45, 2.75) is 51.6 Å². The molecule has 116 valence electrons. The first-order chi connectivity index (χ1) is 9.94. The molecular weight excluding hydrogens is 288 g/mol. The summed E-state index contributed by atoms with van der Waals surface area (Å²) in [5.74, 6) is -0.545. The SMILES string of the molecule is Cc1ccc(CC(C)NC(=O)NC(CC(=O)O)C2CC2)s1. The molecule has 1 fully saturated rings. The van der Waals surface area contributed by atoms with Crippen molar-refractivity contribution in [3.63, 3.8) is 0 Å². The number of carboxylic acids is 1. The van der Waals surface area contributed by atoms with Crippen molar-refractivity contribution in [2.24, 2.45) is 5.92 Å². The maximum atomic E-state index is 12.0. The minimum Gasteiger partial charge on any atom is -0.481 e. The number of carboxylic acid groups (broad SMARTS) is 1. The topological polar surface area (TPSA) is 78.4 Å². The number of thiophene rings is 1. The Hall–Kier alpha value is -1.56. The highest BCUT2D eigenvalue weighted by molar-refractivity contribution is 7.11. The van der Waals surface area contributed by atoms with Crippen LogP contribution < -0.4 is 10.6 Å². The molecule has 1 aliphatic rings. The van der Waals surface area contributed by atoms with Gasteiger partial charge in [-0.25, -0.2) is 4.79 Å². The van der Waals surface area contributed by atoms with Crippen LogP contribution in [-0.2, 0) is 11.2 Å². The van der Waals surface area contributed by atoms with Crippen LogP contribution >= 0.6 is 11.3 Å². The van der Waals surface area contributed by atoms with Gasteiger partial charge in [0.25, 0.3) is 0 Å². The molecule has 0 bridgehead atoms. The molecule has 21 heavy (non-hydrogen) atoms. The Morgan fingerprint density at radius 1 is 1.38 bits per heavy atom. The monoisotopic (exact) mass is 310 g/mol. The molecule has 3 N–H and O–H groups in total. The first-order valence-corrected chi connectivity index (χ1v) is 8.10. The fourth-order valence-electron chi connectivity index (χ4n) is 2.40. The summed E-state index contributed by atoms with van der Waals surface area (Å²) in [5, 5.41) is 14.6. The number of carbonyl (C=O) groups excluding carboxylic acids is 1. The Kier molecular flexibility index (Phi) is 5.22. The van der Waals surface area contributed by atoms with Crippen molar-refractivity contribution in [1.29, 1.82) is 0 Å². The zero-order chi connectivity index (χ0) is 15.4. The lowest BCUT2D eigenvalue weighted by molar-refractivity contribution is -0.137. The van der Waals surface area contributed by atoms with E-state index in [1.807, 2.05) is 6.92 Å². The molecule has 0 spiro atoms. The highest BCUT2D eigenvalue weighted by Crippen LogP contribution is 2.34. The Morgan fingerprint density at radius 2 is 2.10 bits per heavy atom. The molecule has 2 atom stereocenters. The molecule has 1 heterocycles. The van der Waals surface area contributed by atoms with E-state index < -0.39 is 5.97 Å². The van der Waals surface area contributed by atoms with E-state index in [0.29, 0.717) is 5.92 Å². The minimum atomic E-state index is -0.866. The van der Waals surface area contributed by atoms with Crippen molar-refractivity contribution in [3.05, 3.63) is 21.9 Å². The largest absolute Gasteiger partial charge is 0.481 e. The molecule has 2 rings (SSSR count). The molecule has 0 radical (unpaired) electrons. The van der Waals surface area contributed by atoms with Gasteiger partial charge in [0.2, 0.25) is 0 Å². The molecule has 1 aromatic rings. The van der Waals surface area contributed by atoms with E-state index in [1.165, 1.54) is 9.75 Å². The number of carbonyl (C=O) groups is 2. The Morgan fingerprint density at radius 3 is 2.62 bits per heavy atom. The number of aliphatic carboxylic acids is 1. The fraction of sp³-hybridized carbons (Fsp3) is 0.600. The van der Waals surface area contributed by atoms with E-state index >= 15 is 0 Å².